The van der Waals surface area contributed by atoms with Crippen LogP contribution in [0.15, 0.2) is 12.5 Å². The molecule has 0 saturated carbocycles. The van der Waals surface area contributed by atoms with Crippen LogP contribution in [0.25, 0.3) is 0 Å². The Hall–Kier alpha value is -1.03. The number of aromatic nitrogens is 3. The highest BCUT2D eigenvalue weighted by atomic mass is 15.1. The first-order valence-electron chi connectivity index (χ1n) is 3.80. The summed E-state index contributed by atoms with van der Waals surface area (Å²) in [6.07, 6.45) is 4.41. The van der Waals surface area contributed by atoms with Gasteiger partial charge in [0.1, 0.15) is 6.33 Å². The number of rotatable bonds is 1. The third kappa shape index (κ3) is 1.35. The quantitative estimate of drug-likeness (QED) is 0.609. The predicted molar refractivity (Wildman–Crippen MR) is 40.1 cm³/mol. The molecule has 2 rings (SSSR count). The van der Waals surface area contributed by atoms with Gasteiger partial charge in [-0.15, -0.1) is 5.10 Å². The summed E-state index contributed by atoms with van der Waals surface area (Å²) < 4.78 is 0. The van der Waals surface area contributed by atoms with Crippen molar-refractivity contribution in [1.82, 2.24) is 20.5 Å². The molecule has 1 aliphatic heterocycles. The Kier molecular flexibility index (Phi) is 1.77. The van der Waals surface area contributed by atoms with Gasteiger partial charge in [-0.2, -0.15) is 5.10 Å². The summed E-state index contributed by atoms with van der Waals surface area (Å²) in [4.78, 5) is 3.93. The lowest BCUT2D eigenvalue weighted by molar-refractivity contribution is 0.703. The van der Waals surface area contributed by atoms with Crippen molar-refractivity contribution in [2.24, 2.45) is 0 Å². The van der Waals surface area contributed by atoms with Crippen LogP contribution in [0, 0.1) is 0 Å². The summed E-state index contributed by atoms with van der Waals surface area (Å²) in [5.41, 5.74) is 1.01. The zero-order chi connectivity index (χ0) is 7.52. The molecule has 1 aromatic heterocycles. The molecule has 0 radical (unpaired) electrons. The van der Waals surface area contributed by atoms with Crippen LogP contribution in [0.2, 0.25) is 0 Å². The van der Waals surface area contributed by atoms with Crippen LogP contribution in [-0.2, 0) is 0 Å². The van der Waals surface area contributed by atoms with Crippen LogP contribution in [-0.4, -0.2) is 28.3 Å². The zero-order valence-electron chi connectivity index (χ0n) is 6.20. The molecule has 1 fully saturated rings. The number of hydrogen-bond donors (Lipinski definition) is 1. The van der Waals surface area contributed by atoms with E-state index in [1.54, 1.807) is 6.20 Å². The Morgan fingerprint density at radius 1 is 1.55 bits per heavy atom. The lowest BCUT2D eigenvalue weighted by Gasteiger charge is -2.03. The van der Waals surface area contributed by atoms with E-state index in [1.807, 2.05) is 0 Å². The summed E-state index contributed by atoms with van der Waals surface area (Å²) in [5, 5.41) is 11.0. The molecular weight excluding hydrogens is 140 g/mol. The molecule has 1 aromatic rings. The monoisotopic (exact) mass is 150 g/mol. The molecule has 0 aliphatic carbocycles. The fraction of sp³-hybridized carbons (Fsp3) is 0.571. The van der Waals surface area contributed by atoms with E-state index in [0.29, 0.717) is 5.92 Å². The van der Waals surface area contributed by atoms with E-state index in [9.17, 15) is 0 Å². The highest BCUT2D eigenvalue weighted by Gasteiger charge is 2.17. The highest BCUT2D eigenvalue weighted by molar-refractivity contribution is 5.04. The zero-order valence-corrected chi connectivity index (χ0v) is 6.20. The summed E-state index contributed by atoms with van der Waals surface area (Å²) in [6.45, 7) is 2.10. The average Bonchev–Trinajstić information content (AvgIpc) is 2.58. The normalized spacial score (nSPS) is 23.8. The number of nitrogens with zero attached hydrogens (tertiary/aromatic N) is 3. The van der Waals surface area contributed by atoms with E-state index < -0.39 is 0 Å². The average molecular weight is 150 g/mol. The second-order valence-corrected chi connectivity index (χ2v) is 2.72. The lowest BCUT2D eigenvalue weighted by Crippen LogP contribution is -2.09. The molecule has 1 saturated heterocycles. The van der Waals surface area contributed by atoms with Crippen LogP contribution in [0.3, 0.4) is 0 Å². The molecule has 0 amide bonds. The van der Waals surface area contributed by atoms with Crippen LogP contribution in [0.4, 0.5) is 0 Å². The molecule has 0 aromatic carbocycles. The van der Waals surface area contributed by atoms with Crippen molar-refractivity contribution >= 4 is 0 Å². The van der Waals surface area contributed by atoms with Crippen LogP contribution < -0.4 is 5.32 Å². The molecule has 2 heterocycles. The molecule has 1 aliphatic rings. The first-order valence-corrected chi connectivity index (χ1v) is 3.80. The molecule has 11 heavy (non-hydrogen) atoms. The second kappa shape index (κ2) is 2.92. The van der Waals surface area contributed by atoms with Gasteiger partial charge in [0, 0.05) is 12.5 Å². The Bertz CT molecular complexity index is 217. The van der Waals surface area contributed by atoms with Crippen molar-refractivity contribution in [2.45, 2.75) is 12.3 Å². The number of nitrogens with one attached hydrogen (secondary N) is 1. The molecule has 4 nitrogen and oxygen atoms in total. The van der Waals surface area contributed by atoms with Gasteiger partial charge >= 0.3 is 0 Å². The van der Waals surface area contributed by atoms with Gasteiger partial charge in [-0.25, -0.2) is 4.98 Å². The minimum Gasteiger partial charge on any atom is -0.316 e. The van der Waals surface area contributed by atoms with Crippen LogP contribution >= 0.6 is 0 Å². The Labute approximate surface area is 65.1 Å². The standard InChI is InChI=1S/C7H10N4/c1-2-8-3-6(1)7-4-9-5-10-11-7/h4-6,8H,1-3H2. The fourth-order valence-corrected chi connectivity index (χ4v) is 1.35. The van der Waals surface area contributed by atoms with Crippen molar-refractivity contribution in [3.05, 3.63) is 18.2 Å². The maximum absolute atomic E-state index is 4.01. The van der Waals surface area contributed by atoms with Crippen LogP contribution in [0.5, 0.6) is 0 Å². The third-order valence-corrected chi connectivity index (χ3v) is 1.98. The Morgan fingerprint density at radius 3 is 3.18 bits per heavy atom. The Morgan fingerprint density at radius 2 is 2.55 bits per heavy atom. The van der Waals surface area contributed by atoms with Gasteiger partial charge < -0.3 is 5.32 Å². The minimum atomic E-state index is 0.524. The predicted octanol–water partition coefficient (Wildman–Crippen LogP) is -0.0515. The second-order valence-electron chi connectivity index (χ2n) is 2.72. The molecule has 0 bridgehead atoms. The number of hydrogen-bond acceptors (Lipinski definition) is 4. The molecule has 1 unspecified atom stereocenters. The summed E-state index contributed by atoms with van der Waals surface area (Å²) in [5.74, 6) is 0.524. The molecule has 0 spiro atoms. The Balaban J connectivity index is 2.16. The van der Waals surface area contributed by atoms with Crippen molar-refractivity contribution in [3.8, 4) is 0 Å². The topological polar surface area (TPSA) is 50.7 Å². The van der Waals surface area contributed by atoms with E-state index in [-0.39, 0.29) is 0 Å². The minimum absolute atomic E-state index is 0.524. The van der Waals surface area contributed by atoms with Gasteiger partial charge in [-0.3, -0.25) is 0 Å². The van der Waals surface area contributed by atoms with E-state index >= 15 is 0 Å². The van der Waals surface area contributed by atoms with E-state index in [1.165, 1.54) is 6.33 Å². The summed E-state index contributed by atoms with van der Waals surface area (Å²) in [6, 6.07) is 0. The molecular formula is C7H10N4. The van der Waals surface area contributed by atoms with Crippen molar-refractivity contribution in [1.29, 1.82) is 0 Å². The highest BCUT2D eigenvalue weighted by Crippen LogP contribution is 2.17. The molecule has 4 heteroatoms. The van der Waals surface area contributed by atoms with Gasteiger partial charge in [0.25, 0.3) is 0 Å². The first-order chi connectivity index (χ1) is 5.47. The smallest absolute Gasteiger partial charge is 0.138 e. The van der Waals surface area contributed by atoms with E-state index in [2.05, 4.69) is 20.5 Å². The lowest BCUT2D eigenvalue weighted by atomic mass is 10.1. The summed E-state index contributed by atoms with van der Waals surface area (Å²) >= 11 is 0. The van der Waals surface area contributed by atoms with Crippen LogP contribution in [0.1, 0.15) is 18.0 Å². The largest absolute Gasteiger partial charge is 0.316 e. The van der Waals surface area contributed by atoms with Gasteiger partial charge in [0.15, 0.2) is 0 Å². The molecule has 58 valence electrons. The first kappa shape index (κ1) is 6.67. The van der Waals surface area contributed by atoms with Crippen molar-refractivity contribution < 1.29 is 0 Å². The maximum Gasteiger partial charge on any atom is 0.138 e. The van der Waals surface area contributed by atoms with Crippen molar-refractivity contribution in [3.63, 3.8) is 0 Å². The van der Waals surface area contributed by atoms with Gasteiger partial charge in [0.2, 0.25) is 0 Å². The van der Waals surface area contributed by atoms with Gasteiger partial charge in [-0.1, -0.05) is 0 Å². The summed E-state index contributed by atoms with van der Waals surface area (Å²) in [7, 11) is 0. The van der Waals surface area contributed by atoms with Crippen molar-refractivity contribution in [2.75, 3.05) is 13.1 Å². The maximum atomic E-state index is 4.01. The van der Waals surface area contributed by atoms with Gasteiger partial charge in [-0.05, 0) is 13.0 Å². The van der Waals surface area contributed by atoms with E-state index in [4.69, 9.17) is 0 Å². The molecule has 1 atom stereocenters. The SMILES string of the molecule is c1ncc(C2CCNC2)nn1. The third-order valence-electron chi connectivity index (χ3n) is 1.98. The van der Waals surface area contributed by atoms with Gasteiger partial charge in [0.05, 0.1) is 11.9 Å². The molecule has 1 N–H and O–H groups in total. The van der Waals surface area contributed by atoms with E-state index in [0.717, 1.165) is 25.2 Å². The fourth-order valence-electron chi connectivity index (χ4n) is 1.35.